The van der Waals surface area contributed by atoms with Crippen LogP contribution in [-0.4, -0.2) is 62.1 Å². The van der Waals surface area contributed by atoms with Crippen molar-refractivity contribution in [1.82, 2.24) is 10.2 Å². The fraction of sp³-hybridized carbons (Fsp3) is 1.00. The van der Waals surface area contributed by atoms with E-state index in [0.717, 1.165) is 37.7 Å². The largest absolute Gasteiger partial charge is 0.315 e. The van der Waals surface area contributed by atoms with Crippen molar-refractivity contribution in [2.24, 2.45) is 5.92 Å². The van der Waals surface area contributed by atoms with Crippen molar-refractivity contribution in [1.29, 1.82) is 0 Å². The third kappa shape index (κ3) is 6.02. The molecular weight excluding hydrogens is 280 g/mol. The topological polar surface area (TPSA) is 49.4 Å². The lowest BCUT2D eigenvalue weighted by molar-refractivity contribution is 0.269. The highest BCUT2D eigenvalue weighted by molar-refractivity contribution is 8.01. The Morgan fingerprint density at radius 1 is 1.37 bits per heavy atom. The van der Waals surface area contributed by atoms with E-state index in [1.54, 1.807) is 18.7 Å². The van der Waals surface area contributed by atoms with Crippen LogP contribution in [0.2, 0.25) is 0 Å². The summed E-state index contributed by atoms with van der Waals surface area (Å²) < 4.78 is 24.1. The van der Waals surface area contributed by atoms with Crippen molar-refractivity contribution < 1.29 is 8.42 Å². The van der Waals surface area contributed by atoms with Crippen molar-refractivity contribution >= 4 is 21.6 Å². The van der Waals surface area contributed by atoms with Crippen LogP contribution in [0.1, 0.15) is 27.2 Å². The van der Waals surface area contributed by atoms with E-state index in [9.17, 15) is 8.42 Å². The standard InChI is InChI=1S/C13H28N2O2S2/c1-4-19(16,17)13-11-18-10-9-15(13)8-7-14-6-5-12(2)3/h12-14H,4-11H2,1-3H3. The minimum absolute atomic E-state index is 0.246. The average molecular weight is 309 g/mol. The van der Waals surface area contributed by atoms with E-state index in [-0.39, 0.29) is 11.1 Å². The van der Waals surface area contributed by atoms with Crippen LogP contribution >= 0.6 is 11.8 Å². The van der Waals surface area contributed by atoms with Crippen LogP contribution in [0.3, 0.4) is 0 Å². The minimum atomic E-state index is -2.95. The van der Waals surface area contributed by atoms with E-state index >= 15 is 0 Å². The van der Waals surface area contributed by atoms with Crippen LogP contribution in [0.25, 0.3) is 0 Å². The molecule has 0 amide bonds. The fourth-order valence-electron chi connectivity index (χ4n) is 2.13. The molecule has 0 aromatic rings. The van der Waals surface area contributed by atoms with E-state index in [0.29, 0.717) is 5.92 Å². The van der Waals surface area contributed by atoms with E-state index in [1.807, 2.05) is 0 Å². The van der Waals surface area contributed by atoms with Gasteiger partial charge in [0.1, 0.15) is 5.37 Å². The van der Waals surface area contributed by atoms with Gasteiger partial charge in [0, 0.05) is 36.9 Å². The van der Waals surface area contributed by atoms with Crippen molar-refractivity contribution in [3.63, 3.8) is 0 Å². The molecular formula is C13H28N2O2S2. The molecule has 0 aliphatic carbocycles. The van der Waals surface area contributed by atoms with Gasteiger partial charge in [0.15, 0.2) is 9.84 Å². The molecule has 1 aliphatic rings. The number of sulfone groups is 1. The number of rotatable bonds is 8. The maximum Gasteiger partial charge on any atom is 0.166 e. The summed E-state index contributed by atoms with van der Waals surface area (Å²) in [6.07, 6.45) is 1.17. The Morgan fingerprint density at radius 3 is 2.74 bits per heavy atom. The first kappa shape index (κ1) is 17.3. The van der Waals surface area contributed by atoms with Crippen LogP contribution in [0.5, 0.6) is 0 Å². The van der Waals surface area contributed by atoms with Gasteiger partial charge in [-0.1, -0.05) is 20.8 Å². The van der Waals surface area contributed by atoms with Gasteiger partial charge in [-0.2, -0.15) is 11.8 Å². The zero-order valence-corrected chi connectivity index (χ0v) is 14.0. The highest BCUT2D eigenvalue weighted by Gasteiger charge is 2.32. The lowest BCUT2D eigenvalue weighted by atomic mass is 10.1. The quantitative estimate of drug-likeness (QED) is 0.688. The second-order valence-electron chi connectivity index (χ2n) is 5.45. The number of hydrogen-bond acceptors (Lipinski definition) is 5. The first-order chi connectivity index (χ1) is 8.97. The highest BCUT2D eigenvalue weighted by atomic mass is 32.2. The predicted octanol–water partition coefficient (Wildman–Crippen LogP) is 1.43. The monoisotopic (exact) mass is 308 g/mol. The van der Waals surface area contributed by atoms with Crippen molar-refractivity contribution in [3.05, 3.63) is 0 Å². The molecule has 1 heterocycles. The maximum absolute atomic E-state index is 12.1. The Morgan fingerprint density at radius 2 is 2.11 bits per heavy atom. The van der Waals surface area contributed by atoms with E-state index in [2.05, 4.69) is 24.1 Å². The summed E-state index contributed by atoms with van der Waals surface area (Å²) in [5.41, 5.74) is 0. The molecule has 1 atom stereocenters. The van der Waals surface area contributed by atoms with Crippen molar-refractivity contribution in [3.8, 4) is 0 Å². The maximum atomic E-state index is 12.1. The normalized spacial score (nSPS) is 22.0. The summed E-state index contributed by atoms with van der Waals surface area (Å²) in [5.74, 6) is 2.73. The molecule has 1 unspecified atom stereocenters. The van der Waals surface area contributed by atoms with Crippen molar-refractivity contribution in [2.75, 3.05) is 43.4 Å². The molecule has 4 nitrogen and oxygen atoms in total. The zero-order valence-electron chi connectivity index (χ0n) is 12.4. The molecule has 114 valence electrons. The molecule has 6 heteroatoms. The molecule has 0 saturated carbocycles. The van der Waals surface area contributed by atoms with Crippen LogP contribution in [0.4, 0.5) is 0 Å². The summed E-state index contributed by atoms with van der Waals surface area (Å²) in [4.78, 5) is 2.14. The molecule has 0 radical (unpaired) electrons. The van der Waals surface area contributed by atoms with Gasteiger partial charge in [0.25, 0.3) is 0 Å². The minimum Gasteiger partial charge on any atom is -0.315 e. The highest BCUT2D eigenvalue weighted by Crippen LogP contribution is 2.20. The van der Waals surface area contributed by atoms with Crippen LogP contribution in [0, 0.1) is 5.92 Å². The first-order valence-corrected chi connectivity index (χ1v) is 10.1. The summed E-state index contributed by atoms with van der Waals surface area (Å²) in [5, 5.41) is 3.14. The smallest absolute Gasteiger partial charge is 0.166 e. The van der Waals surface area contributed by atoms with Crippen molar-refractivity contribution in [2.45, 2.75) is 32.6 Å². The molecule has 1 N–H and O–H groups in total. The Balaban J connectivity index is 2.37. The van der Waals surface area contributed by atoms with Gasteiger partial charge >= 0.3 is 0 Å². The Labute approximate surface area is 122 Å². The molecule has 19 heavy (non-hydrogen) atoms. The second-order valence-corrected chi connectivity index (χ2v) is 9.05. The van der Waals surface area contributed by atoms with Crippen LogP contribution in [0.15, 0.2) is 0 Å². The molecule has 0 bridgehead atoms. The van der Waals surface area contributed by atoms with E-state index in [4.69, 9.17) is 0 Å². The molecule has 0 aromatic heterocycles. The molecule has 0 spiro atoms. The summed E-state index contributed by atoms with van der Waals surface area (Å²) in [7, 11) is -2.95. The summed E-state index contributed by atoms with van der Waals surface area (Å²) in [6.45, 7) is 9.80. The molecule has 1 aliphatic heterocycles. The second kappa shape index (κ2) is 8.49. The number of nitrogens with one attached hydrogen (secondary N) is 1. The average Bonchev–Trinajstić information content (AvgIpc) is 2.38. The van der Waals surface area contributed by atoms with Crippen LogP contribution in [-0.2, 0) is 9.84 Å². The SMILES string of the molecule is CCS(=O)(=O)C1CSCCN1CCNCCC(C)C. The third-order valence-corrected chi connectivity index (χ3v) is 6.81. The van der Waals surface area contributed by atoms with Gasteiger partial charge in [0.05, 0.1) is 0 Å². The number of thioether (sulfide) groups is 1. The fourth-order valence-corrected chi connectivity index (χ4v) is 5.24. The predicted molar refractivity (Wildman–Crippen MR) is 84.5 cm³/mol. The van der Waals surface area contributed by atoms with Crippen LogP contribution < -0.4 is 5.32 Å². The summed E-state index contributed by atoms with van der Waals surface area (Å²) >= 11 is 1.76. The van der Waals surface area contributed by atoms with Gasteiger partial charge in [-0.05, 0) is 18.9 Å². The van der Waals surface area contributed by atoms with Gasteiger partial charge < -0.3 is 5.32 Å². The third-order valence-electron chi connectivity index (χ3n) is 3.48. The zero-order chi connectivity index (χ0) is 14.3. The molecule has 1 rings (SSSR count). The van der Waals surface area contributed by atoms with Gasteiger partial charge in [-0.25, -0.2) is 8.42 Å². The molecule has 0 aromatic carbocycles. The lowest BCUT2D eigenvalue weighted by Crippen LogP contribution is -2.49. The van der Waals surface area contributed by atoms with E-state index in [1.165, 1.54) is 6.42 Å². The van der Waals surface area contributed by atoms with Gasteiger partial charge in [-0.15, -0.1) is 0 Å². The first-order valence-electron chi connectivity index (χ1n) is 7.21. The summed E-state index contributed by atoms with van der Waals surface area (Å²) in [6, 6.07) is 0. The van der Waals surface area contributed by atoms with E-state index < -0.39 is 9.84 Å². The van der Waals surface area contributed by atoms with Gasteiger partial charge in [-0.3, -0.25) is 4.90 Å². The van der Waals surface area contributed by atoms with Gasteiger partial charge in [0.2, 0.25) is 0 Å². The number of hydrogen-bond donors (Lipinski definition) is 1. The Hall–Kier alpha value is 0.220. The number of nitrogens with zero attached hydrogens (tertiary/aromatic N) is 1. The Kier molecular flexibility index (Phi) is 7.72. The molecule has 1 saturated heterocycles. The lowest BCUT2D eigenvalue weighted by Gasteiger charge is -2.34. The Bertz CT molecular complexity index is 345. The molecule has 1 fully saturated rings.